The number of aromatic nitrogens is 4. The minimum atomic E-state index is -5.10. The van der Waals surface area contributed by atoms with Crippen LogP contribution in [0.4, 0.5) is 0 Å². The Kier molecular flexibility index (Phi) is 8.38. The van der Waals surface area contributed by atoms with Crippen molar-refractivity contribution in [1.29, 1.82) is 0 Å². The summed E-state index contributed by atoms with van der Waals surface area (Å²) in [5, 5.41) is 40.9. The van der Waals surface area contributed by atoms with Gasteiger partial charge in [-0.25, -0.2) is 14.2 Å². The van der Waals surface area contributed by atoms with Gasteiger partial charge in [0, 0.05) is 12.3 Å². The number of nitrogens with one attached hydrogen (secondary N) is 2. The summed E-state index contributed by atoms with van der Waals surface area (Å²) < 4.78 is 39.6. The lowest BCUT2D eigenvalue weighted by molar-refractivity contribution is -0.0615. The molecule has 2 aromatic heterocycles. The summed E-state index contributed by atoms with van der Waals surface area (Å²) in [6, 6.07) is 0.973. The van der Waals surface area contributed by atoms with Crippen LogP contribution in [0.15, 0.2) is 37.6 Å². The predicted octanol–water partition coefficient (Wildman–Crippen LogP) is -4.53. The topological polar surface area (TPSA) is 274 Å². The van der Waals surface area contributed by atoms with E-state index < -0.39 is 92.6 Å². The molecule has 216 valence electrons. The first-order valence-corrected chi connectivity index (χ1v) is 12.7. The van der Waals surface area contributed by atoms with Crippen molar-refractivity contribution in [2.75, 3.05) is 20.3 Å². The van der Waals surface area contributed by atoms with E-state index in [2.05, 4.69) is 0 Å². The van der Waals surface area contributed by atoms with E-state index in [-0.39, 0.29) is 5.75 Å². The maximum Gasteiger partial charge on any atom is 0.472 e. The highest BCUT2D eigenvalue weighted by molar-refractivity contribution is 7.47. The monoisotopic (exact) mass is 580 g/mol. The number of H-pyrrole nitrogens is 2. The van der Waals surface area contributed by atoms with Crippen LogP contribution in [0.5, 0.6) is 5.75 Å². The molecule has 2 fully saturated rings. The minimum Gasteiger partial charge on any atom is -0.490 e. The van der Waals surface area contributed by atoms with Gasteiger partial charge in [0.15, 0.2) is 12.5 Å². The quantitative estimate of drug-likeness (QED) is 0.138. The molecule has 20 heteroatoms. The Labute approximate surface area is 216 Å². The zero-order valence-corrected chi connectivity index (χ0v) is 20.8. The smallest absolute Gasteiger partial charge is 0.472 e. The fourth-order valence-electron chi connectivity index (χ4n) is 4.10. The van der Waals surface area contributed by atoms with Crippen LogP contribution in [0.25, 0.3) is 0 Å². The first kappa shape index (κ1) is 29.0. The van der Waals surface area contributed by atoms with Crippen LogP contribution in [-0.2, 0) is 23.1 Å². The van der Waals surface area contributed by atoms with Gasteiger partial charge in [0.25, 0.3) is 11.1 Å². The molecule has 2 aromatic rings. The average molecular weight is 580 g/mol. The predicted molar refractivity (Wildman–Crippen MR) is 123 cm³/mol. The first-order chi connectivity index (χ1) is 18.4. The maximum absolute atomic E-state index is 12.7. The van der Waals surface area contributed by atoms with Gasteiger partial charge in [-0.3, -0.25) is 37.7 Å². The van der Waals surface area contributed by atoms with Gasteiger partial charge in [-0.1, -0.05) is 0 Å². The molecule has 0 saturated carbocycles. The zero-order chi connectivity index (χ0) is 28.6. The fraction of sp³-hybridized carbons (Fsp3) is 0.579. The largest absolute Gasteiger partial charge is 0.490 e. The van der Waals surface area contributed by atoms with Gasteiger partial charge in [-0.15, -0.1) is 0 Å². The van der Waals surface area contributed by atoms with Gasteiger partial charge in [0.05, 0.1) is 26.5 Å². The number of methoxy groups -OCH3 is 1. The third kappa shape index (κ3) is 5.82. The normalized spacial score (nSPS) is 32.3. The fourth-order valence-corrected chi connectivity index (χ4v) is 5.07. The maximum atomic E-state index is 12.7. The van der Waals surface area contributed by atoms with Gasteiger partial charge >= 0.3 is 19.2 Å². The molecule has 2 aliphatic rings. The van der Waals surface area contributed by atoms with E-state index in [1.165, 1.54) is 0 Å². The highest BCUT2D eigenvalue weighted by Crippen LogP contribution is 2.49. The minimum absolute atomic E-state index is 0.314. The average Bonchev–Trinajstić information content (AvgIpc) is 3.33. The molecule has 39 heavy (non-hydrogen) atoms. The van der Waals surface area contributed by atoms with Crippen molar-refractivity contribution in [3.05, 3.63) is 60.1 Å². The molecule has 7 N–H and O–H groups in total. The highest BCUT2D eigenvalue weighted by atomic mass is 31.2. The number of hydrogen-bond donors (Lipinski definition) is 7. The zero-order valence-electron chi connectivity index (χ0n) is 19.9. The molecule has 4 rings (SSSR count). The molecule has 0 aliphatic carbocycles. The Morgan fingerprint density at radius 3 is 2.26 bits per heavy atom. The number of aliphatic hydroxyl groups is 4. The second-order valence-corrected chi connectivity index (χ2v) is 9.91. The molecule has 4 heterocycles. The summed E-state index contributed by atoms with van der Waals surface area (Å²) in [5.74, 6) is -0.314. The van der Waals surface area contributed by atoms with Crippen LogP contribution < -0.4 is 27.2 Å². The molecule has 0 spiro atoms. The highest BCUT2D eigenvalue weighted by Gasteiger charge is 2.50. The molecular formula is C19H25N4O15P. The molecule has 0 radical (unpaired) electrons. The SMILES string of the molecule is COc1cn([C@@H]2O[C@H](CO)[C@@H](OP(=O)(O)OC[C@H]3O[C@@H](n4ccc(=O)[nH]c4=O)[C@H](O)[C@@H]3O)[C@H]2O)c(=O)[nH]c1=O. The number of hydrogen-bond acceptors (Lipinski definition) is 14. The molecule has 9 atom stereocenters. The third-order valence-electron chi connectivity index (χ3n) is 6.04. The molecule has 0 bridgehead atoms. The van der Waals surface area contributed by atoms with Gasteiger partial charge in [-0.2, -0.15) is 0 Å². The molecule has 0 amide bonds. The number of nitrogens with zero attached hydrogens (tertiary/aromatic N) is 2. The van der Waals surface area contributed by atoms with Crippen molar-refractivity contribution < 1.29 is 53.1 Å². The molecule has 2 saturated heterocycles. The van der Waals surface area contributed by atoms with E-state index in [0.717, 1.165) is 34.7 Å². The van der Waals surface area contributed by atoms with Gasteiger partial charge < -0.3 is 39.5 Å². The first-order valence-electron chi connectivity index (χ1n) is 11.2. The third-order valence-corrected chi connectivity index (χ3v) is 7.02. The molecule has 19 nitrogen and oxygen atoms in total. The van der Waals surface area contributed by atoms with E-state index in [1.54, 1.807) is 0 Å². The summed E-state index contributed by atoms with van der Waals surface area (Å²) in [5.41, 5.74) is -3.54. The van der Waals surface area contributed by atoms with Crippen molar-refractivity contribution in [3.8, 4) is 5.75 Å². The Bertz CT molecular complexity index is 1470. The Morgan fingerprint density at radius 2 is 1.62 bits per heavy atom. The Morgan fingerprint density at radius 1 is 0.974 bits per heavy atom. The second kappa shape index (κ2) is 11.3. The van der Waals surface area contributed by atoms with Crippen LogP contribution in [0.1, 0.15) is 12.5 Å². The lowest BCUT2D eigenvalue weighted by Gasteiger charge is -2.23. The van der Waals surface area contributed by atoms with Crippen molar-refractivity contribution >= 4 is 7.82 Å². The van der Waals surface area contributed by atoms with Crippen molar-refractivity contribution in [3.63, 3.8) is 0 Å². The number of aliphatic hydroxyl groups excluding tert-OH is 4. The van der Waals surface area contributed by atoms with E-state index in [0.29, 0.717) is 0 Å². The number of rotatable bonds is 9. The summed E-state index contributed by atoms with van der Waals surface area (Å²) in [7, 11) is -3.95. The summed E-state index contributed by atoms with van der Waals surface area (Å²) in [4.78, 5) is 61.3. The van der Waals surface area contributed by atoms with Crippen LogP contribution >= 0.6 is 7.82 Å². The molecule has 0 aromatic carbocycles. The molecule has 2 aliphatic heterocycles. The summed E-state index contributed by atoms with van der Waals surface area (Å²) in [6.07, 6.45) is -11.0. The van der Waals surface area contributed by atoms with E-state index in [9.17, 15) is 49.1 Å². The van der Waals surface area contributed by atoms with Crippen molar-refractivity contribution in [1.82, 2.24) is 19.1 Å². The van der Waals surface area contributed by atoms with Crippen molar-refractivity contribution in [2.24, 2.45) is 0 Å². The number of phosphoric acid groups is 1. The van der Waals surface area contributed by atoms with Crippen LogP contribution in [0.2, 0.25) is 0 Å². The lowest BCUT2D eigenvalue weighted by atomic mass is 10.1. The van der Waals surface area contributed by atoms with Crippen molar-refractivity contribution in [2.45, 2.75) is 49.1 Å². The Balaban J connectivity index is 1.45. The summed E-state index contributed by atoms with van der Waals surface area (Å²) >= 11 is 0. The molecule has 1 unspecified atom stereocenters. The standard InChI is InChI=1S/C19H25N4O15P/c1-34-7-4-23(19(31)21-15(7)29)17-13(28)14(8(5-24)36-17)38-39(32,33)35-6-9-11(26)12(27)16(37-9)22-3-2-10(25)20-18(22)30/h2-4,8-9,11-14,16-17,24,26-28H,5-6H2,1H3,(H,32,33)(H,20,25,30)(H,21,29,31)/t8-,9-,11-,12-,13-,14-,16-,17-/m1/s1. The van der Waals surface area contributed by atoms with Crippen LogP contribution in [0, 0.1) is 0 Å². The van der Waals surface area contributed by atoms with Gasteiger partial charge in [0.2, 0.25) is 5.75 Å². The van der Waals surface area contributed by atoms with Gasteiger partial charge in [-0.05, 0) is 0 Å². The number of aromatic amines is 2. The Hall–Kier alpha value is -2.97. The summed E-state index contributed by atoms with van der Waals surface area (Å²) in [6.45, 7) is -1.69. The molecular weight excluding hydrogens is 555 g/mol. The lowest BCUT2D eigenvalue weighted by Crippen LogP contribution is -2.39. The number of ether oxygens (including phenoxy) is 3. The number of phosphoric ester groups is 1. The second-order valence-electron chi connectivity index (χ2n) is 8.50. The van der Waals surface area contributed by atoms with Crippen LogP contribution in [-0.4, -0.2) is 101 Å². The van der Waals surface area contributed by atoms with E-state index in [4.69, 9.17) is 23.3 Å². The van der Waals surface area contributed by atoms with Crippen LogP contribution in [0.3, 0.4) is 0 Å². The van der Waals surface area contributed by atoms with Gasteiger partial charge in [0.1, 0.15) is 36.6 Å². The van der Waals surface area contributed by atoms with E-state index >= 15 is 0 Å². The van der Waals surface area contributed by atoms with E-state index in [1.807, 2.05) is 9.97 Å².